The molecule has 0 saturated carbocycles. The standard InChI is InChI=1S/C24H21N3O3S2/c28-24(25-14-12-23-26-20-9-2-4-11-22(20)31-23)18-7-5-8-19(16-18)32(29,30)27-15-13-17-6-1-3-10-21(17)27/h1-11,16H,12-15H2,(H,25,28). The SMILES string of the molecule is O=C(NCCc1nc2ccccc2s1)c1cccc(S(=O)(=O)N2CCc3ccccc32)c1. The molecule has 1 aliphatic rings. The van der Waals surface area contributed by atoms with Crippen molar-refractivity contribution in [3.63, 3.8) is 0 Å². The highest BCUT2D eigenvalue weighted by atomic mass is 32.2. The summed E-state index contributed by atoms with van der Waals surface area (Å²) in [4.78, 5) is 17.4. The molecule has 6 nitrogen and oxygen atoms in total. The summed E-state index contributed by atoms with van der Waals surface area (Å²) in [6, 6.07) is 21.7. The van der Waals surface area contributed by atoms with E-state index in [0.717, 1.165) is 20.8 Å². The number of anilines is 1. The molecule has 0 bridgehead atoms. The molecule has 0 atom stereocenters. The first-order valence-corrected chi connectivity index (χ1v) is 12.6. The minimum Gasteiger partial charge on any atom is -0.352 e. The molecular formula is C24H21N3O3S2. The Kier molecular flexibility index (Phi) is 5.40. The Labute approximate surface area is 190 Å². The first-order valence-electron chi connectivity index (χ1n) is 10.4. The molecule has 1 aromatic heterocycles. The van der Waals surface area contributed by atoms with Gasteiger partial charge in [-0.1, -0.05) is 36.4 Å². The molecule has 0 radical (unpaired) electrons. The molecule has 5 rings (SSSR count). The van der Waals surface area contributed by atoms with Gasteiger partial charge in [-0.2, -0.15) is 0 Å². The average Bonchev–Trinajstić information content (AvgIpc) is 3.43. The summed E-state index contributed by atoms with van der Waals surface area (Å²) in [5.74, 6) is -0.301. The Morgan fingerprint density at radius 2 is 1.84 bits per heavy atom. The second-order valence-electron chi connectivity index (χ2n) is 7.56. The fourth-order valence-corrected chi connectivity index (χ4v) is 6.41. The molecule has 0 aliphatic carbocycles. The number of carbonyl (C=O) groups is 1. The molecule has 0 unspecified atom stereocenters. The molecule has 0 saturated heterocycles. The van der Waals surface area contributed by atoms with Gasteiger partial charge < -0.3 is 5.32 Å². The third-order valence-electron chi connectivity index (χ3n) is 5.49. The monoisotopic (exact) mass is 463 g/mol. The fraction of sp³-hybridized carbons (Fsp3) is 0.167. The summed E-state index contributed by atoms with van der Waals surface area (Å²) in [7, 11) is -3.74. The van der Waals surface area contributed by atoms with Gasteiger partial charge in [0.15, 0.2) is 0 Å². The molecule has 4 aromatic rings. The molecular weight excluding hydrogens is 442 g/mol. The van der Waals surface area contributed by atoms with E-state index in [1.54, 1.807) is 23.5 Å². The lowest BCUT2D eigenvalue weighted by atomic mass is 10.2. The number of sulfonamides is 1. The van der Waals surface area contributed by atoms with Gasteiger partial charge in [0.05, 0.1) is 25.8 Å². The quantitative estimate of drug-likeness (QED) is 0.468. The molecule has 1 N–H and O–H groups in total. The number of amides is 1. The number of nitrogens with one attached hydrogen (secondary N) is 1. The van der Waals surface area contributed by atoms with Crippen LogP contribution in [0.25, 0.3) is 10.2 Å². The van der Waals surface area contributed by atoms with Crippen molar-refractivity contribution in [1.82, 2.24) is 10.3 Å². The lowest BCUT2D eigenvalue weighted by Crippen LogP contribution is -2.30. The molecule has 0 fully saturated rings. The zero-order valence-electron chi connectivity index (χ0n) is 17.2. The number of nitrogens with zero attached hydrogens (tertiary/aromatic N) is 2. The van der Waals surface area contributed by atoms with Gasteiger partial charge >= 0.3 is 0 Å². The van der Waals surface area contributed by atoms with Gasteiger partial charge in [0, 0.05) is 25.1 Å². The second kappa shape index (κ2) is 8.37. The van der Waals surface area contributed by atoms with Crippen molar-refractivity contribution < 1.29 is 13.2 Å². The number of hydrogen-bond donors (Lipinski definition) is 1. The van der Waals surface area contributed by atoms with Crippen LogP contribution in [0.5, 0.6) is 0 Å². The highest BCUT2D eigenvalue weighted by molar-refractivity contribution is 7.92. The molecule has 0 spiro atoms. The molecule has 2 heterocycles. The predicted molar refractivity (Wildman–Crippen MR) is 127 cm³/mol. The number of carbonyl (C=O) groups excluding carboxylic acids is 1. The van der Waals surface area contributed by atoms with E-state index in [1.165, 1.54) is 16.4 Å². The van der Waals surface area contributed by atoms with E-state index in [-0.39, 0.29) is 10.8 Å². The summed E-state index contributed by atoms with van der Waals surface area (Å²) < 4.78 is 29.0. The molecule has 3 aromatic carbocycles. The minimum absolute atomic E-state index is 0.119. The van der Waals surface area contributed by atoms with Crippen molar-refractivity contribution in [3.8, 4) is 0 Å². The molecule has 1 aliphatic heterocycles. The van der Waals surface area contributed by atoms with Crippen molar-refractivity contribution >= 4 is 43.2 Å². The van der Waals surface area contributed by atoms with E-state index < -0.39 is 10.0 Å². The maximum absolute atomic E-state index is 13.2. The van der Waals surface area contributed by atoms with Crippen molar-refractivity contribution in [2.24, 2.45) is 0 Å². The van der Waals surface area contributed by atoms with E-state index in [0.29, 0.717) is 37.2 Å². The lowest BCUT2D eigenvalue weighted by molar-refractivity contribution is 0.0954. The van der Waals surface area contributed by atoms with Crippen molar-refractivity contribution in [1.29, 1.82) is 0 Å². The number of hydrogen-bond acceptors (Lipinski definition) is 5. The van der Waals surface area contributed by atoms with Crippen LogP contribution in [0.2, 0.25) is 0 Å². The van der Waals surface area contributed by atoms with Gasteiger partial charge in [0.25, 0.3) is 15.9 Å². The summed E-state index contributed by atoms with van der Waals surface area (Å²) in [6.07, 6.45) is 1.30. The molecule has 162 valence electrons. The van der Waals surface area contributed by atoms with E-state index in [4.69, 9.17) is 0 Å². The van der Waals surface area contributed by atoms with E-state index in [2.05, 4.69) is 10.3 Å². The van der Waals surface area contributed by atoms with Gasteiger partial charge in [-0.15, -0.1) is 11.3 Å². The smallest absolute Gasteiger partial charge is 0.264 e. The molecule has 8 heteroatoms. The Morgan fingerprint density at radius 1 is 1.03 bits per heavy atom. The van der Waals surface area contributed by atoms with Crippen LogP contribution in [0.3, 0.4) is 0 Å². The number of fused-ring (bicyclic) bond motifs is 2. The van der Waals surface area contributed by atoms with Gasteiger partial charge in [-0.3, -0.25) is 9.10 Å². The summed E-state index contributed by atoms with van der Waals surface area (Å²) in [5.41, 5.74) is 3.00. The third-order valence-corrected chi connectivity index (χ3v) is 8.40. The number of benzene rings is 3. The van der Waals surface area contributed by atoms with Crippen LogP contribution in [0.15, 0.2) is 77.7 Å². The van der Waals surface area contributed by atoms with Crippen LogP contribution in [-0.4, -0.2) is 32.4 Å². The first-order chi connectivity index (χ1) is 15.5. The van der Waals surface area contributed by atoms with Crippen LogP contribution < -0.4 is 9.62 Å². The lowest BCUT2D eigenvalue weighted by Gasteiger charge is -2.20. The topological polar surface area (TPSA) is 79.4 Å². The minimum atomic E-state index is -3.74. The number of rotatable bonds is 6. The second-order valence-corrected chi connectivity index (χ2v) is 10.5. The summed E-state index contributed by atoms with van der Waals surface area (Å²) in [6.45, 7) is 0.829. The Balaban J connectivity index is 1.28. The van der Waals surface area contributed by atoms with Crippen LogP contribution in [0, 0.1) is 0 Å². The number of aromatic nitrogens is 1. The summed E-state index contributed by atoms with van der Waals surface area (Å²) >= 11 is 1.61. The first kappa shape index (κ1) is 20.7. The maximum atomic E-state index is 13.2. The summed E-state index contributed by atoms with van der Waals surface area (Å²) in [5, 5.41) is 3.83. The van der Waals surface area contributed by atoms with E-state index in [9.17, 15) is 13.2 Å². The van der Waals surface area contributed by atoms with E-state index in [1.807, 2.05) is 48.5 Å². The van der Waals surface area contributed by atoms with Crippen molar-refractivity contribution in [2.45, 2.75) is 17.7 Å². The zero-order valence-corrected chi connectivity index (χ0v) is 18.8. The van der Waals surface area contributed by atoms with Crippen LogP contribution in [0.1, 0.15) is 20.9 Å². The van der Waals surface area contributed by atoms with Gasteiger partial charge in [0.2, 0.25) is 0 Å². The number of thiazole rings is 1. The zero-order chi connectivity index (χ0) is 22.1. The Hall–Kier alpha value is -3.23. The Morgan fingerprint density at radius 3 is 2.72 bits per heavy atom. The van der Waals surface area contributed by atoms with Crippen LogP contribution in [-0.2, 0) is 22.9 Å². The maximum Gasteiger partial charge on any atom is 0.264 e. The van der Waals surface area contributed by atoms with Crippen molar-refractivity contribution in [2.75, 3.05) is 17.4 Å². The predicted octanol–water partition coefficient (Wildman–Crippen LogP) is 4.02. The number of para-hydroxylation sites is 2. The highest BCUT2D eigenvalue weighted by Gasteiger charge is 2.30. The highest BCUT2D eigenvalue weighted by Crippen LogP contribution is 2.32. The van der Waals surface area contributed by atoms with Gasteiger partial charge in [0.1, 0.15) is 0 Å². The molecule has 1 amide bonds. The fourth-order valence-electron chi connectivity index (χ4n) is 3.89. The third kappa shape index (κ3) is 3.87. The van der Waals surface area contributed by atoms with Crippen LogP contribution in [0.4, 0.5) is 5.69 Å². The van der Waals surface area contributed by atoms with Crippen LogP contribution >= 0.6 is 11.3 Å². The van der Waals surface area contributed by atoms with Gasteiger partial charge in [-0.05, 0) is 48.4 Å². The Bertz CT molecular complexity index is 1380. The average molecular weight is 464 g/mol. The van der Waals surface area contributed by atoms with Gasteiger partial charge in [-0.25, -0.2) is 13.4 Å². The van der Waals surface area contributed by atoms with E-state index >= 15 is 0 Å². The molecule has 32 heavy (non-hydrogen) atoms. The van der Waals surface area contributed by atoms with Crippen molar-refractivity contribution in [3.05, 3.63) is 88.9 Å². The largest absolute Gasteiger partial charge is 0.352 e. The normalized spacial score (nSPS) is 13.3.